The van der Waals surface area contributed by atoms with Gasteiger partial charge in [0.1, 0.15) is 10.7 Å². The van der Waals surface area contributed by atoms with Crippen LogP contribution in [0.5, 0.6) is 0 Å². The molecule has 5 nitrogen and oxygen atoms in total. The summed E-state index contributed by atoms with van der Waals surface area (Å²) in [7, 11) is -2.10. The average molecular weight is 411 g/mol. The van der Waals surface area contributed by atoms with E-state index in [2.05, 4.69) is 31.0 Å². The van der Waals surface area contributed by atoms with Gasteiger partial charge in [0.25, 0.3) is 10.0 Å². The van der Waals surface area contributed by atoms with E-state index in [1.165, 1.54) is 18.3 Å². The van der Waals surface area contributed by atoms with Gasteiger partial charge in [0.2, 0.25) is 0 Å². The first kappa shape index (κ1) is 16.4. The number of nitrogens with one attached hydrogen (secondary N) is 2. The van der Waals surface area contributed by atoms with E-state index in [0.29, 0.717) is 10.3 Å². The van der Waals surface area contributed by atoms with Gasteiger partial charge in [0, 0.05) is 17.7 Å². The van der Waals surface area contributed by atoms with Crippen LogP contribution in [-0.2, 0) is 10.0 Å². The Labute approximate surface area is 140 Å². The molecule has 112 valence electrons. The summed E-state index contributed by atoms with van der Waals surface area (Å²) >= 11 is 15.2. The number of pyridine rings is 1. The van der Waals surface area contributed by atoms with E-state index in [9.17, 15) is 8.42 Å². The molecule has 2 N–H and O–H groups in total. The van der Waals surface area contributed by atoms with Gasteiger partial charge in [-0.3, -0.25) is 4.72 Å². The molecule has 2 rings (SSSR count). The molecule has 0 spiro atoms. The Hall–Kier alpha value is -1.02. The maximum absolute atomic E-state index is 12.3. The summed E-state index contributed by atoms with van der Waals surface area (Å²) in [6.45, 7) is 0. The zero-order valence-electron chi connectivity index (χ0n) is 10.7. The van der Waals surface area contributed by atoms with Crippen molar-refractivity contribution in [1.29, 1.82) is 0 Å². The zero-order valence-corrected chi connectivity index (χ0v) is 14.6. The molecule has 0 bridgehead atoms. The number of aromatic nitrogens is 1. The zero-order chi connectivity index (χ0) is 15.6. The summed E-state index contributed by atoms with van der Waals surface area (Å²) in [6, 6.07) is 6.12. The molecule has 0 radical (unpaired) electrons. The topological polar surface area (TPSA) is 71.1 Å². The minimum Gasteiger partial charge on any atom is -0.373 e. The van der Waals surface area contributed by atoms with Crippen LogP contribution in [0.4, 0.5) is 11.5 Å². The molecule has 0 saturated carbocycles. The van der Waals surface area contributed by atoms with Gasteiger partial charge in [-0.25, -0.2) is 13.4 Å². The Morgan fingerprint density at radius 3 is 2.43 bits per heavy atom. The standard InChI is InChI=1S/C12H10BrCl2N3O2S/c1-16-10-5-2-7(6-17-10)21(19,20)18-9-4-3-8(13)11(14)12(9)15/h2-6,18H,1H3,(H,16,17). The summed E-state index contributed by atoms with van der Waals surface area (Å²) in [6.07, 6.45) is 1.25. The third-order valence-corrected chi connectivity index (χ3v) is 5.70. The molecule has 0 amide bonds. The van der Waals surface area contributed by atoms with Crippen molar-refractivity contribution in [2.45, 2.75) is 4.90 Å². The maximum atomic E-state index is 12.3. The normalized spacial score (nSPS) is 11.2. The summed E-state index contributed by atoms with van der Waals surface area (Å²) in [5.74, 6) is 0.568. The summed E-state index contributed by atoms with van der Waals surface area (Å²) in [4.78, 5) is 3.99. The average Bonchev–Trinajstić information content (AvgIpc) is 2.48. The molecule has 0 aliphatic carbocycles. The highest BCUT2D eigenvalue weighted by Crippen LogP contribution is 2.36. The third-order valence-electron chi connectivity index (χ3n) is 2.58. The second-order valence-electron chi connectivity index (χ2n) is 3.96. The fourth-order valence-electron chi connectivity index (χ4n) is 1.50. The molecule has 0 aliphatic rings. The van der Waals surface area contributed by atoms with Gasteiger partial charge in [-0.1, -0.05) is 23.2 Å². The number of hydrogen-bond acceptors (Lipinski definition) is 4. The summed E-state index contributed by atoms with van der Waals surface area (Å²) in [5, 5.41) is 3.16. The maximum Gasteiger partial charge on any atom is 0.263 e. The van der Waals surface area contributed by atoms with Gasteiger partial charge < -0.3 is 5.32 Å². The summed E-state index contributed by atoms with van der Waals surface area (Å²) in [5.41, 5.74) is 0.197. The number of benzene rings is 1. The summed E-state index contributed by atoms with van der Waals surface area (Å²) < 4.78 is 27.5. The molecule has 1 heterocycles. The lowest BCUT2D eigenvalue weighted by Crippen LogP contribution is -2.13. The van der Waals surface area contributed by atoms with Crippen molar-refractivity contribution in [3.05, 3.63) is 45.0 Å². The lowest BCUT2D eigenvalue weighted by Gasteiger charge is -2.11. The van der Waals surface area contributed by atoms with Crippen molar-refractivity contribution in [3.8, 4) is 0 Å². The van der Waals surface area contributed by atoms with Crippen LogP contribution in [0.25, 0.3) is 0 Å². The molecule has 2 aromatic rings. The Kier molecular flexibility index (Phi) is 4.98. The number of anilines is 2. The number of hydrogen-bond donors (Lipinski definition) is 2. The van der Waals surface area contributed by atoms with Crippen LogP contribution < -0.4 is 10.0 Å². The molecule has 9 heteroatoms. The highest BCUT2D eigenvalue weighted by molar-refractivity contribution is 9.10. The van der Waals surface area contributed by atoms with Crippen molar-refractivity contribution in [3.63, 3.8) is 0 Å². The Bertz CT molecular complexity index is 767. The molecule has 0 atom stereocenters. The van der Waals surface area contributed by atoms with E-state index in [1.54, 1.807) is 19.2 Å². The quantitative estimate of drug-likeness (QED) is 0.747. The van der Waals surface area contributed by atoms with E-state index in [-0.39, 0.29) is 20.6 Å². The molecule has 1 aromatic heterocycles. The van der Waals surface area contributed by atoms with Crippen molar-refractivity contribution >= 4 is 60.7 Å². The van der Waals surface area contributed by atoms with E-state index in [4.69, 9.17) is 23.2 Å². The van der Waals surface area contributed by atoms with Gasteiger partial charge >= 0.3 is 0 Å². The Balaban J connectivity index is 2.35. The van der Waals surface area contributed by atoms with E-state index in [1.807, 2.05) is 0 Å². The molecular formula is C12H10BrCl2N3O2S. The largest absolute Gasteiger partial charge is 0.373 e. The first-order chi connectivity index (χ1) is 9.85. The molecule has 0 aliphatic heterocycles. The first-order valence-corrected chi connectivity index (χ1v) is 8.68. The van der Waals surface area contributed by atoms with Crippen LogP contribution in [0, 0.1) is 0 Å². The smallest absolute Gasteiger partial charge is 0.263 e. The fourth-order valence-corrected chi connectivity index (χ4v) is 3.39. The molecule has 0 unspecified atom stereocenters. The first-order valence-electron chi connectivity index (χ1n) is 5.65. The SMILES string of the molecule is CNc1ccc(S(=O)(=O)Nc2ccc(Br)c(Cl)c2Cl)cn1. The minimum absolute atomic E-state index is 0.0246. The monoisotopic (exact) mass is 409 g/mol. The van der Waals surface area contributed by atoms with Crippen molar-refractivity contribution < 1.29 is 8.42 Å². The Morgan fingerprint density at radius 1 is 1.14 bits per heavy atom. The predicted octanol–water partition coefficient (Wildman–Crippen LogP) is 3.99. The van der Waals surface area contributed by atoms with Crippen LogP contribution >= 0.6 is 39.1 Å². The van der Waals surface area contributed by atoms with E-state index >= 15 is 0 Å². The van der Waals surface area contributed by atoms with Crippen molar-refractivity contribution in [2.24, 2.45) is 0 Å². The van der Waals surface area contributed by atoms with Crippen molar-refractivity contribution in [2.75, 3.05) is 17.1 Å². The minimum atomic E-state index is -3.79. The molecule has 0 saturated heterocycles. The number of halogens is 3. The van der Waals surface area contributed by atoms with Crippen LogP contribution in [0.15, 0.2) is 39.8 Å². The molecule has 1 aromatic carbocycles. The number of nitrogens with zero attached hydrogens (tertiary/aromatic N) is 1. The van der Waals surface area contributed by atoms with Gasteiger partial charge in [0.15, 0.2) is 0 Å². The van der Waals surface area contributed by atoms with Gasteiger partial charge in [-0.05, 0) is 40.2 Å². The predicted molar refractivity (Wildman–Crippen MR) is 88.8 cm³/mol. The number of sulfonamides is 1. The van der Waals surface area contributed by atoms with Crippen molar-refractivity contribution in [1.82, 2.24) is 4.98 Å². The van der Waals surface area contributed by atoms with Crippen LogP contribution in [0.2, 0.25) is 10.0 Å². The molecular weight excluding hydrogens is 401 g/mol. The highest BCUT2D eigenvalue weighted by Gasteiger charge is 2.18. The Morgan fingerprint density at radius 2 is 1.86 bits per heavy atom. The fraction of sp³-hybridized carbons (Fsp3) is 0.0833. The second-order valence-corrected chi connectivity index (χ2v) is 7.25. The number of rotatable bonds is 4. The highest BCUT2D eigenvalue weighted by atomic mass is 79.9. The molecule has 21 heavy (non-hydrogen) atoms. The third kappa shape index (κ3) is 3.60. The van der Waals surface area contributed by atoms with Crippen LogP contribution in [-0.4, -0.2) is 20.4 Å². The van der Waals surface area contributed by atoms with E-state index < -0.39 is 10.0 Å². The van der Waals surface area contributed by atoms with Gasteiger partial charge in [0.05, 0.1) is 15.7 Å². The van der Waals surface area contributed by atoms with Gasteiger partial charge in [-0.2, -0.15) is 0 Å². The van der Waals surface area contributed by atoms with Gasteiger partial charge in [-0.15, -0.1) is 0 Å². The second kappa shape index (κ2) is 6.39. The molecule has 0 fully saturated rings. The lowest BCUT2D eigenvalue weighted by molar-refractivity contribution is 0.601. The lowest BCUT2D eigenvalue weighted by atomic mass is 10.3. The van der Waals surface area contributed by atoms with Crippen LogP contribution in [0.3, 0.4) is 0 Å². The van der Waals surface area contributed by atoms with Crippen LogP contribution in [0.1, 0.15) is 0 Å². The van der Waals surface area contributed by atoms with E-state index in [0.717, 1.165) is 0 Å².